The number of hydrogen-bond donors (Lipinski definition) is 0. The highest BCUT2D eigenvalue weighted by atomic mass is 16.6. The molecule has 3 rings (SSSR count). The van der Waals surface area contributed by atoms with E-state index in [1.807, 2.05) is 30.3 Å². The zero-order chi connectivity index (χ0) is 19.7. The van der Waals surface area contributed by atoms with Gasteiger partial charge in [-0.1, -0.05) is 18.2 Å². The molecule has 1 aromatic carbocycles. The van der Waals surface area contributed by atoms with E-state index in [-0.39, 0.29) is 24.5 Å². The molecular weight excluding hydrogens is 346 g/mol. The molecule has 27 heavy (non-hydrogen) atoms. The Balaban J connectivity index is 1.87. The fourth-order valence-corrected chi connectivity index (χ4v) is 3.15. The predicted molar refractivity (Wildman–Crippen MR) is 101 cm³/mol. The number of hydrogen-bond acceptors (Lipinski definition) is 5. The Morgan fingerprint density at radius 1 is 1.00 bits per heavy atom. The topological polar surface area (TPSA) is 74.6 Å². The Kier molecular flexibility index (Phi) is 5.17. The van der Waals surface area contributed by atoms with Gasteiger partial charge in [-0.2, -0.15) is 0 Å². The largest absolute Gasteiger partial charge is 0.462 e. The van der Waals surface area contributed by atoms with E-state index in [1.54, 1.807) is 38.3 Å². The second-order valence-corrected chi connectivity index (χ2v) is 7.17. The van der Waals surface area contributed by atoms with E-state index in [9.17, 15) is 14.4 Å². The van der Waals surface area contributed by atoms with Gasteiger partial charge in [-0.05, 0) is 45.9 Å². The number of fused-ring (bicyclic) bond motifs is 3. The van der Waals surface area contributed by atoms with Gasteiger partial charge in [0.15, 0.2) is 5.92 Å². The molecule has 6 heteroatoms. The molecule has 6 nitrogen and oxygen atoms in total. The summed E-state index contributed by atoms with van der Waals surface area (Å²) in [5.41, 5.74) is 1.93. The van der Waals surface area contributed by atoms with Crippen molar-refractivity contribution >= 4 is 34.8 Å². The van der Waals surface area contributed by atoms with E-state index in [0.29, 0.717) is 5.57 Å². The van der Waals surface area contributed by atoms with Gasteiger partial charge in [0.2, 0.25) is 0 Å². The summed E-state index contributed by atoms with van der Waals surface area (Å²) in [6.45, 7) is 6.84. The number of rotatable bonds is 6. The smallest absolute Gasteiger partial charge is 0.320 e. The van der Waals surface area contributed by atoms with Gasteiger partial charge < -0.3 is 9.47 Å². The van der Waals surface area contributed by atoms with Crippen LogP contribution in [0, 0.1) is 5.92 Å². The highest BCUT2D eigenvalue weighted by Crippen LogP contribution is 2.31. The van der Waals surface area contributed by atoms with Gasteiger partial charge in [-0.25, -0.2) is 0 Å². The van der Waals surface area contributed by atoms with Crippen LogP contribution in [0.15, 0.2) is 35.9 Å². The Morgan fingerprint density at radius 2 is 1.59 bits per heavy atom. The number of benzene rings is 1. The van der Waals surface area contributed by atoms with Gasteiger partial charge in [-0.3, -0.25) is 19.0 Å². The van der Waals surface area contributed by atoms with Gasteiger partial charge in [0, 0.05) is 17.4 Å². The van der Waals surface area contributed by atoms with Crippen molar-refractivity contribution in [3.8, 4) is 0 Å². The summed E-state index contributed by atoms with van der Waals surface area (Å²) in [7, 11) is 0. The van der Waals surface area contributed by atoms with Crippen LogP contribution in [0.1, 0.15) is 44.6 Å². The van der Waals surface area contributed by atoms with Crippen LogP contribution >= 0.6 is 0 Å². The molecule has 1 aliphatic rings. The van der Waals surface area contributed by atoms with Crippen LogP contribution in [-0.2, 0) is 19.1 Å². The monoisotopic (exact) mass is 369 g/mol. The molecule has 0 radical (unpaired) electrons. The minimum absolute atomic E-state index is 0.0497. The standard InChI is InChI=1S/C21H23NO5/c1-12(2)26-20(24)17(21(25)27-13(3)4)11-15-10-16-9-14-7-5-6-8-18(14)22(16)19(15)23/h5-10,12-13,17H,11H2,1-4H3. The molecule has 0 amide bonds. The Morgan fingerprint density at radius 3 is 2.19 bits per heavy atom. The molecule has 0 unspecified atom stereocenters. The van der Waals surface area contributed by atoms with Crippen molar-refractivity contribution in [2.75, 3.05) is 0 Å². The Bertz CT molecular complexity index is 913. The number of nitrogens with zero attached hydrogens (tertiary/aromatic N) is 1. The van der Waals surface area contributed by atoms with Gasteiger partial charge in [0.1, 0.15) is 0 Å². The first-order valence-corrected chi connectivity index (χ1v) is 9.04. The van der Waals surface area contributed by atoms with E-state index in [4.69, 9.17) is 9.47 Å². The SMILES string of the molecule is CC(C)OC(=O)C(CC1=Cc2cc3ccccc3n2C1=O)C(=O)OC(C)C. The molecule has 0 saturated carbocycles. The average molecular weight is 369 g/mol. The maximum Gasteiger partial charge on any atom is 0.320 e. The summed E-state index contributed by atoms with van der Waals surface area (Å²) in [6, 6.07) is 9.49. The summed E-state index contributed by atoms with van der Waals surface area (Å²) in [4.78, 5) is 37.7. The predicted octanol–water partition coefficient (Wildman–Crippen LogP) is 3.59. The summed E-state index contributed by atoms with van der Waals surface area (Å²) >= 11 is 0. The van der Waals surface area contributed by atoms with Gasteiger partial charge in [-0.15, -0.1) is 0 Å². The fraction of sp³-hybridized carbons (Fsp3) is 0.381. The number of allylic oxidation sites excluding steroid dienone is 1. The highest BCUT2D eigenvalue weighted by molar-refractivity contribution is 6.11. The first-order valence-electron chi connectivity index (χ1n) is 9.04. The van der Waals surface area contributed by atoms with Gasteiger partial charge in [0.05, 0.1) is 23.4 Å². The fourth-order valence-electron chi connectivity index (χ4n) is 3.15. The van der Waals surface area contributed by atoms with Crippen LogP contribution in [0.25, 0.3) is 17.0 Å². The molecule has 0 saturated heterocycles. The molecule has 0 spiro atoms. The summed E-state index contributed by atoms with van der Waals surface area (Å²) in [5, 5.41) is 0.964. The lowest BCUT2D eigenvalue weighted by atomic mass is 9.98. The zero-order valence-electron chi connectivity index (χ0n) is 15.9. The van der Waals surface area contributed by atoms with Gasteiger partial charge in [0.25, 0.3) is 5.91 Å². The maximum atomic E-state index is 12.9. The summed E-state index contributed by atoms with van der Waals surface area (Å²) in [5.74, 6) is -2.75. The van der Waals surface area contributed by atoms with Crippen LogP contribution < -0.4 is 0 Å². The number of aromatic nitrogens is 1. The lowest BCUT2D eigenvalue weighted by molar-refractivity contribution is -0.166. The van der Waals surface area contributed by atoms with Crippen molar-refractivity contribution in [2.45, 2.75) is 46.3 Å². The number of carbonyl (C=O) groups excluding carboxylic acids is 3. The van der Waals surface area contributed by atoms with Crippen LogP contribution in [0.4, 0.5) is 0 Å². The zero-order valence-corrected chi connectivity index (χ0v) is 15.9. The van der Waals surface area contributed by atoms with Gasteiger partial charge >= 0.3 is 11.9 Å². The van der Waals surface area contributed by atoms with Crippen LogP contribution in [0.2, 0.25) is 0 Å². The number of para-hydroxylation sites is 1. The quantitative estimate of drug-likeness (QED) is 0.575. The Hall–Kier alpha value is -2.89. The normalized spacial score (nSPS) is 13.4. The lowest BCUT2D eigenvalue weighted by Crippen LogP contribution is -2.32. The van der Waals surface area contributed by atoms with E-state index in [2.05, 4.69) is 0 Å². The second-order valence-electron chi connectivity index (χ2n) is 7.17. The Labute approximate surface area is 157 Å². The van der Waals surface area contributed by atoms with Crippen molar-refractivity contribution in [3.05, 3.63) is 41.6 Å². The van der Waals surface area contributed by atoms with Crippen molar-refractivity contribution in [1.29, 1.82) is 0 Å². The molecule has 1 aliphatic heterocycles. The first kappa shape index (κ1) is 18.9. The number of esters is 2. The molecular formula is C21H23NO5. The molecule has 0 N–H and O–H groups in total. The molecule has 2 heterocycles. The van der Waals surface area contributed by atoms with Crippen molar-refractivity contribution in [3.63, 3.8) is 0 Å². The first-order chi connectivity index (χ1) is 12.8. The maximum absolute atomic E-state index is 12.9. The average Bonchev–Trinajstić information content (AvgIpc) is 3.07. The van der Waals surface area contributed by atoms with Crippen molar-refractivity contribution in [1.82, 2.24) is 4.57 Å². The van der Waals surface area contributed by atoms with E-state index >= 15 is 0 Å². The summed E-state index contributed by atoms with van der Waals surface area (Å²) < 4.78 is 12.0. The van der Waals surface area contributed by atoms with E-state index in [0.717, 1.165) is 16.6 Å². The van der Waals surface area contributed by atoms with E-state index < -0.39 is 17.9 Å². The number of carbonyl (C=O) groups is 3. The third-order valence-electron chi connectivity index (χ3n) is 4.24. The van der Waals surface area contributed by atoms with E-state index in [1.165, 1.54) is 0 Å². The van der Waals surface area contributed by atoms with Crippen LogP contribution in [0.5, 0.6) is 0 Å². The molecule has 0 atom stereocenters. The number of ether oxygens (including phenoxy) is 2. The third kappa shape index (κ3) is 3.79. The minimum atomic E-state index is -1.17. The second kappa shape index (κ2) is 7.39. The lowest BCUT2D eigenvalue weighted by Gasteiger charge is -2.18. The van der Waals surface area contributed by atoms with Crippen molar-refractivity contribution < 1.29 is 23.9 Å². The molecule has 142 valence electrons. The molecule has 0 fully saturated rings. The molecule has 0 bridgehead atoms. The minimum Gasteiger partial charge on any atom is -0.462 e. The molecule has 1 aromatic heterocycles. The highest BCUT2D eigenvalue weighted by Gasteiger charge is 2.35. The van der Waals surface area contributed by atoms with Crippen LogP contribution in [-0.4, -0.2) is 34.6 Å². The molecule has 0 aliphatic carbocycles. The third-order valence-corrected chi connectivity index (χ3v) is 4.24. The van der Waals surface area contributed by atoms with Crippen LogP contribution in [0.3, 0.4) is 0 Å². The molecule has 2 aromatic rings. The summed E-state index contributed by atoms with van der Waals surface area (Å²) in [6.07, 6.45) is 0.947. The van der Waals surface area contributed by atoms with Crippen molar-refractivity contribution in [2.24, 2.45) is 5.92 Å².